The predicted molar refractivity (Wildman–Crippen MR) is 209 cm³/mol. The number of imide groups is 2. The largest absolute Gasteiger partial charge is 0.497 e. The SMILES string of the molecule is CC.COc1ccc(CN2C(=O)c3ccc4c5cc(Br)c6c7c(ccc(c8cc(Br)c(c3c48)C2=O)c75)C(=O)N(Cc2ccc(OC)cc2)C6=O)cc1. The molecule has 0 fully saturated rings. The van der Waals surface area contributed by atoms with E-state index in [2.05, 4.69) is 31.9 Å². The van der Waals surface area contributed by atoms with Crippen molar-refractivity contribution in [3.63, 3.8) is 0 Å². The lowest BCUT2D eigenvalue weighted by atomic mass is 9.82. The summed E-state index contributed by atoms with van der Waals surface area (Å²) in [5, 5.41) is 5.98. The summed E-state index contributed by atoms with van der Waals surface area (Å²) < 4.78 is 11.6. The summed E-state index contributed by atoms with van der Waals surface area (Å²) >= 11 is 7.39. The average Bonchev–Trinajstić information content (AvgIpc) is 3.17. The summed E-state index contributed by atoms with van der Waals surface area (Å²) in [5.41, 5.74) is 3.29. The van der Waals surface area contributed by atoms with E-state index in [1.165, 1.54) is 9.80 Å². The van der Waals surface area contributed by atoms with Crippen LogP contribution in [0, 0.1) is 0 Å². The maximum absolute atomic E-state index is 14.1. The van der Waals surface area contributed by atoms with Crippen LogP contribution in [0.4, 0.5) is 0 Å². The number of carbonyl (C=O) groups excluding carboxylic acids is 4. The molecule has 0 aliphatic carbocycles. The molecule has 7 aromatic rings. The maximum atomic E-state index is 14.1. The zero-order chi connectivity index (χ0) is 36.6. The number of hydrogen-bond donors (Lipinski definition) is 0. The van der Waals surface area contributed by atoms with Gasteiger partial charge in [0.15, 0.2) is 0 Å². The molecule has 0 aromatic heterocycles. The van der Waals surface area contributed by atoms with Gasteiger partial charge in [0.25, 0.3) is 23.6 Å². The number of fused-ring (bicyclic) bond motifs is 2. The van der Waals surface area contributed by atoms with Gasteiger partial charge < -0.3 is 9.47 Å². The van der Waals surface area contributed by atoms with E-state index in [1.54, 1.807) is 50.6 Å². The predicted octanol–water partition coefficient (Wildman–Crippen LogP) is 9.90. The van der Waals surface area contributed by atoms with Gasteiger partial charge >= 0.3 is 0 Å². The first-order valence-corrected chi connectivity index (χ1v) is 18.4. The van der Waals surface area contributed by atoms with E-state index >= 15 is 0 Å². The smallest absolute Gasteiger partial charge is 0.262 e. The third-order valence-electron chi connectivity index (χ3n) is 9.92. The van der Waals surface area contributed by atoms with Crippen LogP contribution in [0.25, 0.3) is 43.1 Å². The molecule has 0 saturated carbocycles. The molecular formula is C42H30Br2N2O6. The standard InChI is InChI=1S/C40H24Br2N2O6.C2H6/c1-49-21-7-3-19(4-8-21)17-43-37(45)25-13-11-23-28-16-30(42)36-34-26(38(46)44(40(36)48)18-20-5-9-22(50-2)10-6-20)14-12-24(32(28)34)27-15-29(41)35(39(43)47)33(25)31(23)27;1-2/h3-16H,17-18H2,1-2H3;1-2H3. The highest BCUT2D eigenvalue weighted by Crippen LogP contribution is 2.49. The molecule has 0 bridgehead atoms. The molecule has 10 heteroatoms. The third kappa shape index (κ3) is 4.84. The van der Waals surface area contributed by atoms with Crippen molar-refractivity contribution in [3.8, 4) is 11.5 Å². The third-order valence-corrected chi connectivity index (χ3v) is 11.2. The maximum Gasteiger partial charge on any atom is 0.262 e. The van der Waals surface area contributed by atoms with E-state index in [0.717, 1.165) is 43.4 Å². The second-order valence-corrected chi connectivity index (χ2v) is 14.2. The first kappa shape index (κ1) is 33.8. The first-order chi connectivity index (χ1) is 25.2. The quantitative estimate of drug-likeness (QED) is 0.0943. The number of carbonyl (C=O) groups is 4. The minimum absolute atomic E-state index is 0.108. The molecule has 7 aromatic carbocycles. The fraction of sp³-hybridized carbons (Fsp3) is 0.143. The molecule has 0 radical (unpaired) electrons. The van der Waals surface area contributed by atoms with Crippen LogP contribution in [0.3, 0.4) is 0 Å². The number of hydrogen-bond acceptors (Lipinski definition) is 6. The zero-order valence-electron chi connectivity index (χ0n) is 28.6. The van der Waals surface area contributed by atoms with Gasteiger partial charge in [-0.2, -0.15) is 0 Å². The van der Waals surface area contributed by atoms with Gasteiger partial charge in [0.2, 0.25) is 0 Å². The molecule has 258 valence electrons. The topological polar surface area (TPSA) is 93.2 Å². The molecule has 2 aliphatic heterocycles. The summed E-state index contributed by atoms with van der Waals surface area (Å²) in [5.74, 6) is -0.162. The van der Waals surface area contributed by atoms with Gasteiger partial charge in [0.05, 0.1) is 38.4 Å². The molecule has 0 saturated heterocycles. The summed E-state index contributed by atoms with van der Waals surface area (Å²) in [4.78, 5) is 58.9. The molecule has 8 nitrogen and oxygen atoms in total. The molecule has 0 N–H and O–H groups in total. The van der Waals surface area contributed by atoms with Gasteiger partial charge in [0.1, 0.15) is 11.5 Å². The Balaban J connectivity index is 0.00000190. The monoisotopic (exact) mass is 816 g/mol. The fourth-order valence-electron chi connectivity index (χ4n) is 7.57. The van der Waals surface area contributed by atoms with Crippen molar-refractivity contribution in [1.29, 1.82) is 0 Å². The van der Waals surface area contributed by atoms with Crippen molar-refractivity contribution in [1.82, 2.24) is 9.80 Å². The van der Waals surface area contributed by atoms with Crippen LogP contribution < -0.4 is 9.47 Å². The Hall–Kier alpha value is -5.32. The number of benzene rings is 7. The first-order valence-electron chi connectivity index (χ1n) is 16.8. The second kappa shape index (κ2) is 12.7. The van der Waals surface area contributed by atoms with Crippen LogP contribution in [-0.2, 0) is 13.1 Å². The van der Waals surface area contributed by atoms with Crippen molar-refractivity contribution in [2.24, 2.45) is 0 Å². The van der Waals surface area contributed by atoms with Gasteiger partial charge in [-0.1, -0.05) is 50.2 Å². The van der Waals surface area contributed by atoms with Crippen LogP contribution in [-0.4, -0.2) is 47.6 Å². The average molecular weight is 819 g/mol. The van der Waals surface area contributed by atoms with E-state index < -0.39 is 0 Å². The molecule has 0 unspecified atom stereocenters. The van der Waals surface area contributed by atoms with E-state index in [0.29, 0.717) is 53.5 Å². The Morgan fingerprint density at radius 2 is 0.846 bits per heavy atom. The number of halogens is 2. The number of methoxy groups -OCH3 is 2. The Kier molecular flexibility index (Phi) is 8.27. The Morgan fingerprint density at radius 1 is 0.481 bits per heavy atom. The normalized spacial score (nSPS) is 13.8. The lowest BCUT2D eigenvalue weighted by molar-refractivity contribution is 0.0582. The molecule has 52 heavy (non-hydrogen) atoms. The van der Waals surface area contributed by atoms with Crippen molar-refractivity contribution in [3.05, 3.63) is 127 Å². The van der Waals surface area contributed by atoms with Crippen molar-refractivity contribution >= 4 is 98.6 Å². The van der Waals surface area contributed by atoms with Crippen LogP contribution in [0.15, 0.2) is 93.9 Å². The van der Waals surface area contributed by atoms with Crippen LogP contribution in [0.5, 0.6) is 11.5 Å². The lowest BCUT2D eigenvalue weighted by Gasteiger charge is -2.31. The summed E-state index contributed by atoms with van der Waals surface area (Å²) in [7, 11) is 3.17. The lowest BCUT2D eigenvalue weighted by Crippen LogP contribution is -2.40. The number of ether oxygens (including phenoxy) is 2. The van der Waals surface area contributed by atoms with Crippen molar-refractivity contribution in [2.45, 2.75) is 26.9 Å². The molecule has 2 aliphatic rings. The Bertz CT molecular complexity index is 2490. The Labute approximate surface area is 315 Å². The van der Waals surface area contributed by atoms with Gasteiger partial charge in [-0.3, -0.25) is 29.0 Å². The minimum Gasteiger partial charge on any atom is -0.497 e. The van der Waals surface area contributed by atoms with Crippen molar-refractivity contribution < 1.29 is 28.7 Å². The van der Waals surface area contributed by atoms with E-state index in [4.69, 9.17) is 9.47 Å². The molecule has 2 heterocycles. The van der Waals surface area contributed by atoms with E-state index in [9.17, 15) is 19.2 Å². The molecule has 0 atom stereocenters. The van der Waals surface area contributed by atoms with E-state index in [1.807, 2.05) is 62.4 Å². The highest BCUT2D eigenvalue weighted by atomic mass is 79.9. The molecular weight excluding hydrogens is 788 g/mol. The van der Waals surface area contributed by atoms with Gasteiger partial charge in [-0.15, -0.1) is 0 Å². The van der Waals surface area contributed by atoms with Gasteiger partial charge in [-0.25, -0.2) is 0 Å². The van der Waals surface area contributed by atoms with Crippen LogP contribution in [0.2, 0.25) is 0 Å². The molecule has 0 spiro atoms. The van der Waals surface area contributed by atoms with Crippen molar-refractivity contribution in [2.75, 3.05) is 14.2 Å². The van der Waals surface area contributed by atoms with Crippen LogP contribution >= 0.6 is 31.9 Å². The highest BCUT2D eigenvalue weighted by Gasteiger charge is 2.38. The second-order valence-electron chi connectivity index (χ2n) is 12.5. The van der Waals surface area contributed by atoms with Gasteiger partial charge in [0, 0.05) is 30.8 Å². The highest BCUT2D eigenvalue weighted by molar-refractivity contribution is 9.10. The Morgan fingerprint density at radius 3 is 1.19 bits per heavy atom. The summed E-state index contributed by atoms with van der Waals surface area (Å²) in [6, 6.07) is 25.7. The van der Waals surface area contributed by atoms with E-state index in [-0.39, 0.29) is 36.7 Å². The molecule has 9 rings (SSSR count). The fourth-order valence-corrected chi connectivity index (χ4v) is 8.77. The van der Waals surface area contributed by atoms with Gasteiger partial charge in [-0.05, 0) is 124 Å². The number of nitrogens with zero attached hydrogens (tertiary/aromatic N) is 2. The summed E-state index contributed by atoms with van der Waals surface area (Å²) in [6.45, 7) is 4.22. The zero-order valence-corrected chi connectivity index (χ0v) is 31.8. The van der Waals surface area contributed by atoms with Crippen LogP contribution in [0.1, 0.15) is 66.4 Å². The number of amides is 4. The number of rotatable bonds is 6. The minimum atomic E-state index is -0.390. The summed E-state index contributed by atoms with van der Waals surface area (Å²) in [6.07, 6.45) is 0. The molecule has 4 amide bonds.